The summed E-state index contributed by atoms with van der Waals surface area (Å²) in [6.45, 7) is 5.20. The first-order valence-electron chi connectivity index (χ1n) is 8.55. The Morgan fingerprint density at radius 2 is 2.00 bits per heavy atom. The van der Waals surface area contributed by atoms with Crippen molar-refractivity contribution in [3.63, 3.8) is 0 Å². The molecule has 3 rings (SSSR count). The molecule has 122 valence electrons. The van der Waals surface area contributed by atoms with E-state index in [-0.39, 0.29) is 17.2 Å². The zero-order valence-electron chi connectivity index (χ0n) is 13.2. The van der Waals surface area contributed by atoms with Crippen LogP contribution in [0.3, 0.4) is 0 Å². The fourth-order valence-electron chi connectivity index (χ4n) is 4.54. The van der Waals surface area contributed by atoms with Gasteiger partial charge >= 0.3 is 0 Å². The highest BCUT2D eigenvalue weighted by atomic mass is 16.5. The Hall–Kier alpha value is -0.200. The van der Waals surface area contributed by atoms with Crippen molar-refractivity contribution in [1.29, 1.82) is 0 Å². The Labute approximate surface area is 127 Å². The summed E-state index contributed by atoms with van der Waals surface area (Å²) in [5.74, 6) is 6.52. The molecule has 3 N–H and O–H groups in total. The first-order valence-corrected chi connectivity index (χ1v) is 8.55. The van der Waals surface area contributed by atoms with Gasteiger partial charge in [0.15, 0.2) is 0 Å². The van der Waals surface area contributed by atoms with Crippen molar-refractivity contribution >= 4 is 0 Å². The van der Waals surface area contributed by atoms with Gasteiger partial charge in [-0.3, -0.25) is 11.3 Å². The summed E-state index contributed by atoms with van der Waals surface area (Å²) in [6, 6.07) is 0.197. The van der Waals surface area contributed by atoms with Crippen LogP contribution in [0.5, 0.6) is 0 Å². The molecule has 2 heterocycles. The molecule has 0 aromatic heterocycles. The van der Waals surface area contributed by atoms with Gasteiger partial charge in [0.05, 0.1) is 17.2 Å². The Morgan fingerprint density at radius 3 is 2.57 bits per heavy atom. The standard InChI is InChI=1S/C16H30N2O3/c1-2-20-16(7-10-19-11-8-16)14(18-17)13-4-9-21-15(12-13)5-3-6-15/h13-14,18H,2-12,17H2,1H3. The monoisotopic (exact) mass is 298 g/mol. The number of rotatable bonds is 5. The molecule has 21 heavy (non-hydrogen) atoms. The second kappa shape index (κ2) is 6.50. The molecule has 5 nitrogen and oxygen atoms in total. The van der Waals surface area contributed by atoms with Crippen LogP contribution in [-0.4, -0.2) is 43.7 Å². The van der Waals surface area contributed by atoms with Crippen LogP contribution in [0.2, 0.25) is 0 Å². The van der Waals surface area contributed by atoms with E-state index in [1.165, 1.54) is 19.3 Å². The van der Waals surface area contributed by atoms with Gasteiger partial charge in [0.2, 0.25) is 0 Å². The van der Waals surface area contributed by atoms with Gasteiger partial charge in [-0.15, -0.1) is 0 Å². The molecule has 2 atom stereocenters. The average molecular weight is 298 g/mol. The maximum atomic E-state index is 6.23. The molecule has 3 aliphatic rings. The van der Waals surface area contributed by atoms with Crippen LogP contribution in [0.15, 0.2) is 0 Å². The quantitative estimate of drug-likeness (QED) is 0.598. The number of nitrogens with two attached hydrogens (primary N) is 1. The normalized spacial score (nSPS) is 32.6. The smallest absolute Gasteiger partial charge is 0.0894 e. The fourth-order valence-corrected chi connectivity index (χ4v) is 4.54. The van der Waals surface area contributed by atoms with Gasteiger partial charge in [-0.25, -0.2) is 0 Å². The summed E-state index contributed by atoms with van der Waals surface area (Å²) in [5.41, 5.74) is 3.09. The Balaban J connectivity index is 1.75. The van der Waals surface area contributed by atoms with Crippen molar-refractivity contribution < 1.29 is 14.2 Å². The third-order valence-electron chi connectivity index (χ3n) is 5.78. The topological polar surface area (TPSA) is 65.7 Å². The summed E-state index contributed by atoms with van der Waals surface area (Å²) in [4.78, 5) is 0. The fraction of sp³-hybridized carbons (Fsp3) is 1.00. The lowest BCUT2D eigenvalue weighted by molar-refractivity contribution is -0.177. The Morgan fingerprint density at radius 1 is 1.24 bits per heavy atom. The minimum absolute atomic E-state index is 0.149. The van der Waals surface area contributed by atoms with E-state index in [0.717, 1.165) is 52.1 Å². The molecular weight excluding hydrogens is 268 g/mol. The van der Waals surface area contributed by atoms with Crippen molar-refractivity contribution in [3.05, 3.63) is 0 Å². The molecule has 0 radical (unpaired) electrons. The minimum Gasteiger partial charge on any atom is -0.381 e. The summed E-state index contributed by atoms with van der Waals surface area (Å²) >= 11 is 0. The molecular formula is C16H30N2O3. The van der Waals surface area contributed by atoms with Crippen LogP contribution in [0.1, 0.15) is 51.9 Å². The van der Waals surface area contributed by atoms with E-state index >= 15 is 0 Å². The molecule has 0 amide bonds. The van der Waals surface area contributed by atoms with E-state index in [0.29, 0.717) is 5.92 Å². The van der Waals surface area contributed by atoms with Crippen molar-refractivity contribution in [2.24, 2.45) is 11.8 Å². The molecule has 2 saturated heterocycles. The van der Waals surface area contributed by atoms with Crippen LogP contribution in [-0.2, 0) is 14.2 Å². The van der Waals surface area contributed by atoms with Crippen LogP contribution in [0, 0.1) is 5.92 Å². The van der Waals surface area contributed by atoms with Gasteiger partial charge in [-0.1, -0.05) is 0 Å². The molecule has 3 fully saturated rings. The number of hydrazine groups is 1. The summed E-state index contributed by atoms with van der Waals surface area (Å²) in [7, 11) is 0. The molecule has 5 heteroatoms. The van der Waals surface area contributed by atoms with E-state index in [2.05, 4.69) is 12.3 Å². The number of hydrogen-bond donors (Lipinski definition) is 2. The highest BCUT2D eigenvalue weighted by molar-refractivity contribution is 5.03. The maximum Gasteiger partial charge on any atom is 0.0894 e. The van der Waals surface area contributed by atoms with E-state index in [9.17, 15) is 0 Å². The zero-order chi connectivity index (χ0) is 14.8. The van der Waals surface area contributed by atoms with Gasteiger partial charge in [-0.05, 0) is 44.9 Å². The first kappa shape index (κ1) is 15.7. The molecule has 0 aromatic carbocycles. The molecule has 1 aliphatic carbocycles. The first-order chi connectivity index (χ1) is 10.2. The number of nitrogens with one attached hydrogen (secondary N) is 1. The van der Waals surface area contributed by atoms with Crippen LogP contribution in [0.4, 0.5) is 0 Å². The Bertz CT molecular complexity index is 335. The third kappa shape index (κ3) is 2.99. The molecule has 1 spiro atoms. The van der Waals surface area contributed by atoms with Crippen LogP contribution >= 0.6 is 0 Å². The van der Waals surface area contributed by atoms with Crippen molar-refractivity contribution in [2.45, 2.75) is 69.1 Å². The molecule has 2 unspecified atom stereocenters. The van der Waals surface area contributed by atoms with Crippen molar-refractivity contribution in [2.75, 3.05) is 26.4 Å². The second-order valence-corrected chi connectivity index (χ2v) is 6.89. The van der Waals surface area contributed by atoms with Gasteiger partial charge < -0.3 is 14.2 Å². The highest BCUT2D eigenvalue weighted by Gasteiger charge is 2.50. The van der Waals surface area contributed by atoms with E-state index in [1.54, 1.807) is 0 Å². The van der Waals surface area contributed by atoms with Gasteiger partial charge in [0.25, 0.3) is 0 Å². The van der Waals surface area contributed by atoms with E-state index in [1.807, 2.05) is 0 Å². The molecule has 0 bridgehead atoms. The predicted octanol–water partition coefficient (Wildman–Crippen LogP) is 1.75. The van der Waals surface area contributed by atoms with Crippen molar-refractivity contribution in [1.82, 2.24) is 5.43 Å². The van der Waals surface area contributed by atoms with Crippen molar-refractivity contribution in [3.8, 4) is 0 Å². The largest absolute Gasteiger partial charge is 0.381 e. The predicted molar refractivity (Wildman–Crippen MR) is 80.8 cm³/mol. The molecule has 1 saturated carbocycles. The zero-order valence-corrected chi connectivity index (χ0v) is 13.2. The van der Waals surface area contributed by atoms with Crippen LogP contribution in [0.25, 0.3) is 0 Å². The summed E-state index contributed by atoms with van der Waals surface area (Å²) in [6.07, 6.45) is 7.79. The maximum absolute atomic E-state index is 6.23. The van der Waals surface area contributed by atoms with Gasteiger partial charge in [0, 0.05) is 39.3 Å². The second-order valence-electron chi connectivity index (χ2n) is 6.89. The van der Waals surface area contributed by atoms with E-state index in [4.69, 9.17) is 20.1 Å². The highest BCUT2D eigenvalue weighted by Crippen LogP contribution is 2.47. The summed E-state index contributed by atoms with van der Waals surface area (Å²) in [5, 5.41) is 0. The SMILES string of the molecule is CCOC1(C(NN)C2CCOC3(CCC3)C2)CCOCC1. The number of ether oxygens (including phenoxy) is 3. The lowest BCUT2D eigenvalue weighted by Crippen LogP contribution is -2.63. The number of hydrogen-bond acceptors (Lipinski definition) is 5. The molecule has 0 aromatic rings. The van der Waals surface area contributed by atoms with Crippen LogP contribution < -0.4 is 11.3 Å². The Kier molecular flexibility index (Phi) is 4.86. The van der Waals surface area contributed by atoms with Gasteiger partial charge in [-0.2, -0.15) is 0 Å². The minimum atomic E-state index is -0.172. The van der Waals surface area contributed by atoms with Gasteiger partial charge in [0.1, 0.15) is 0 Å². The molecule has 2 aliphatic heterocycles. The van der Waals surface area contributed by atoms with E-state index < -0.39 is 0 Å². The lowest BCUT2D eigenvalue weighted by atomic mass is 9.67. The summed E-state index contributed by atoms with van der Waals surface area (Å²) < 4.78 is 17.9. The lowest BCUT2D eigenvalue weighted by Gasteiger charge is -2.52. The third-order valence-corrected chi connectivity index (χ3v) is 5.78. The average Bonchev–Trinajstić information content (AvgIpc) is 2.48.